The Labute approximate surface area is 190 Å². The zero-order chi connectivity index (χ0) is 23.1. The molecule has 0 aliphatic carbocycles. The molecule has 0 bridgehead atoms. The molecule has 0 heterocycles. The summed E-state index contributed by atoms with van der Waals surface area (Å²) in [4.78, 5) is 36.3. The van der Waals surface area contributed by atoms with Gasteiger partial charge in [0.25, 0.3) is 0 Å². The molecule has 0 radical (unpaired) electrons. The second kappa shape index (κ2) is 10.4. The van der Waals surface area contributed by atoms with Gasteiger partial charge in [0, 0.05) is 5.69 Å². The molecule has 0 aliphatic rings. The van der Waals surface area contributed by atoms with E-state index in [2.05, 4.69) is 15.8 Å². The summed E-state index contributed by atoms with van der Waals surface area (Å²) in [5.41, 5.74) is 5.55. The average Bonchev–Trinajstić information content (AvgIpc) is 2.76. The smallest absolute Gasteiger partial charge is 0.345 e. The number of nitrogens with one attached hydrogen (secondary N) is 2. The van der Waals surface area contributed by atoms with Crippen LogP contribution in [-0.2, 0) is 9.59 Å². The third kappa shape index (κ3) is 6.02. The number of amides is 2. The molecule has 0 unspecified atom stereocenters. The summed E-state index contributed by atoms with van der Waals surface area (Å²) in [6, 6.07) is 18.4. The third-order valence-corrected chi connectivity index (χ3v) is 4.84. The monoisotopic (exact) mass is 449 g/mol. The van der Waals surface area contributed by atoms with E-state index in [0.29, 0.717) is 11.3 Å². The van der Waals surface area contributed by atoms with Crippen LogP contribution in [0.5, 0.6) is 5.75 Å². The highest BCUT2D eigenvalue weighted by Crippen LogP contribution is 2.19. The summed E-state index contributed by atoms with van der Waals surface area (Å²) in [6.07, 6.45) is 1.33. The highest BCUT2D eigenvalue weighted by Gasteiger charge is 2.14. The topological polar surface area (TPSA) is 96.9 Å². The molecule has 3 aromatic carbocycles. The van der Waals surface area contributed by atoms with Gasteiger partial charge in [0.15, 0.2) is 0 Å². The van der Waals surface area contributed by atoms with Crippen LogP contribution in [0.15, 0.2) is 71.8 Å². The predicted molar refractivity (Wildman–Crippen MR) is 123 cm³/mol. The van der Waals surface area contributed by atoms with Gasteiger partial charge in [-0.1, -0.05) is 41.9 Å². The molecule has 0 saturated carbocycles. The summed E-state index contributed by atoms with van der Waals surface area (Å²) < 4.78 is 5.34. The fraction of sp³-hybridized carbons (Fsp3) is 0.0833. The first-order valence-corrected chi connectivity index (χ1v) is 9.99. The van der Waals surface area contributed by atoms with Crippen LogP contribution >= 0.6 is 11.6 Å². The van der Waals surface area contributed by atoms with Crippen LogP contribution < -0.4 is 15.5 Å². The van der Waals surface area contributed by atoms with Gasteiger partial charge < -0.3 is 10.1 Å². The standard InChI is InChI=1S/C24H20ClN3O4/c1-15-10-11-18(12-16(15)2)27-22(29)23(30)28-26-14-17-6-5-7-19(13-17)32-24(31)20-8-3-4-9-21(20)25/h3-14H,1-2H3,(H,27,29)(H,28,30). The molecule has 0 fully saturated rings. The maximum atomic E-state index is 12.3. The van der Waals surface area contributed by atoms with E-state index in [1.165, 1.54) is 6.21 Å². The van der Waals surface area contributed by atoms with E-state index in [9.17, 15) is 14.4 Å². The number of anilines is 1. The van der Waals surface area contributed by atoms with E-state index < -0.39 is 17.8 Å². The molecule has 3 aromatic rings. The third-order valence-electron chi connectivity index (χ3n) is 4.51. The van der Waals surface area contributed by atoms with Gasteiger partial charge in [0.1, 0.15) is 5.75 Å². The minimum atomic E-state index is -0.916. The van der Waals surface area contributed by atoms with Crippen LogP contribution in [0.1, 0.15) is 27.0 Å². The number of benzene rings is 3. The van der Waals surface area contributed by atoms with E-state index in [1.54, 1.807) is 60.7 Å². The van der Waals surface area contributed by atoms with Crippen molar-refractivity contribution in [1.82, 2.24) is 5.43 Å². The minimum absolute atomic E-state index is 0.246. The van der Waals surface area contributed by atoms with E-state index in [-0.39, 0.29) is 16.3 Å². The maximum absolute atomic E-state index is 12.3. The van der Waals surface area contributed by atoms with Crippen molar-refractivity contribution in [3.8, 4) is 5.75 Å². The molecular weight excluding hydrogens is 430 g/mol. The van der Waals surface area contributed by atoms with Crippen molar-refractivity contribution >= 4 is 41.3 Å². The molecule has 0 spiro atoms. The molecule has 3 rings (SSSR count). The largest absolute Gasteiger partial charge is 0.423 e. The van der Waals surface area contributed by atoms with E-state index in [1.807, 2.05) is 19.9 Å². The number of carbonyl (C=O) groups excluding carboxylic acids is 3. The van der Waals surface area contributed by atoms with Gasteiger partial charge in [-0.2, -0.15) is 5.10 Å². The van der Waals surface area contributed by atoms with Crippen LogP contribution in [0.25, 0.3) is 0 Å². The van der Waals surface area contributed by atoms with Gasteiger partial charge in [-0.25, -0.2) is 10.2 Å². The lowest BCUT2D eigenvalue weighted by Gasteiger charge is -2.07. The highest BCUT2D eigenvalue weighted by molar-refractivity contribution is 6.39. The fourth-order valence-corrected chi connectivity index (χ4v) is 2.88. The molecule has 0 saturated heterocycles. The predicted octanol–water partition coefficient (Wildman–Crippen LogP) is 4.26. The first-order chi connectivity index (χ1) is 15.3. The van der Waals surface area contributed by atoms with Crippen LogP contribution in [-0.4, -0.2) is 24.0 Å². The maximum Gasteiger partial charge on any atom is 0.345 e. The number of esters is 1. The van der Waals surface area contributed by atoms with Crippen LogP contribution in [0, 0.1) is 13.8 Å². The Morgan fingerprint density at radius 2 is 1.69 bits per heavy atom. The molecule has 2 amide bonds. The number of rotatable bonds is 5. The lowest BCUT2D eigenvalue weighted by Crippen LogP contribution is -2.32. The molecule has 0 atom stereocenters. The zero-order valence-electron chi connectivity index (χ0n) is 17.4. The lowest BCUT2D eigenvalue weighted by atomic mass is 10.1. The van der Waals surface area contributed by atoms with Gasteiger partial charge in [-0.15, -0.1) is 0 Å². The molecule has 162 valence electrons. The summed E-state index contributed by atoms with van der Waals surface area (Å²) >= 11 is 6.01. The van der Waals surface area contributed by atoms with E-state index in [4.69, 9.17) is 16.3 Å². The quantitative estimate of drug-likeness (QED) is 0.200. The molecular formula is C24H20ClN3O4. The molecule has 2 N–H and O–H groups in total. The normalized spacial score (nSPS) is 10.6. The molecule has 7 nitrogen and oxygen atoms in total. The average molecular weight is 450 g/mol. The fourth-order valence-electron chi connectivity index (χ4n) is 2.67. The summed E-state index contributed by atoms with van der Waals surface area (Å²) in [6.45, 7) is 3.87. The van der Waals surface area contributed by atoms with Crippen LogP contribution in [0.4, 0.5) is 5.69 Å². The van der Waals surface area contributed by atoms with Crippen molar-refractivity contribution in [2.75, 3.05) is 5.32 Å². The SMILES string of the molecule is Cc1ccc(NC(=O)C(=O)NN=Cc2cccc(OC(=O)c3ccccc3Cl)c2)cc1C. The first-order valence-electron chi connectivity index (χ1n) is 9.62. The minimum Gasteiger partial charge on any atom is -0.423 e. The van der Waals surface area contributed by atoms with Gasteiger partial charge >= 0.3 is 17.8 Å². The number of ether oxygens (including phenoxy) is 1. The number of hydrogen-bond donors (Lipinski definition) is 2. The Hall–Kier alpha value is -3.97. The van der Waals surface area contributed by atoms with Gasteiger partial charge in [-0.3, -0.25) is 9.59 Å². The Bertz CT molecular complexity index is 1210. The number of carbonyl (C=O) groups is 3. The van der Waals surface area contributed by atoms with Gasteiger partial charge in [-0.05, 0) is 66.9 Å². The van der Waals surface area contributed by atoms with Crippen molar-refractivity contribution in [1.29, 1.82) is 0 Å². The molecule has 8 heteroatoms. The van der Waals surface area contributed by atoms with Crippen molar-refractivity contribution in [2.24, 2.45) is 5.10 Å². The lowest BCUT2D eigenvalue weighted by molar-refractivity contribution is -0.136. The van der Waals surface area contributed by atoms with Crippen molar-refractivity contribution in [2.45, 2.75) is 13.8 Å². The number of hydrazone groups is 1. The Kier molecular flexibility index (Phi) is 7.36. The van der Waals surface area contributed by atoms with Gasteiger partial charge in [0.05, 0.1) is 16.8 Å². The van der Waals surface area contributed by atoms with Crippen molar-refractivity contribution in [3.63, 3.8) is 0 Å². The second-order valence-corrected chi connectivity index (χ2v) is 7.30. The van der Waals surface area contributed by atoms with E-state index >= 15 is 0 Å². The summed E-state index contributed by atoms with van der Waals surface area (Å²) in [5.74, 6) is -2.08. The second-order valence-electron chi connectivity index (χ2n) is 6.89. The molecule has 0 aromatic heterocycles. The van der Waals surface area contributed by atoms with E-state index in [0.717, 1.165) is 11.1 Å². The Morgan fingerprint density at radius 3 is 2.44 bits per heavy atom. The van der Waals surface area contributed by atoms with Crippen molar-refractivity contribution < 1.29 is 19.1 Å². The van der Waals surface area contributed by atoms with Crippen molar-refractivity contribution in [3.05, 3.63) is 94.0 Å². The summed E-state index contributed by atoms with van der Waals surface area (Å²) in [7, 11) is 0. The van der Waals surface area contributed by atoms with Crippen LogP contribution in [0.2, 0.25) is 5.02 Å². The number of halogens is 1. The highest BCUT2D eigenvalue weighted by atomic mass is 35.5. The summed E-state index contributed by atoms with van der Waals surface area (Å²) in [5, 5.41) is 6.59. The molecule has 0 aliphatic heterocycles. The van der Waals surface area contributed by atoms with Gasteiger partial charge in [0.2, 0.25) is 0 Å². The number of aryl methyl sites for hydroxylation is 2. The molecule has 32 heavy (non-hydrogen) atoms. The van der Waals surface area contributed by atoms with Crippen LogP contribution in [0.3, 0.4) is 0 Å². The number of nitrogens with zero attached hydrogens (tertiary/aromatic N) is 1. The zero-order valence-corrected chi connectivity index (χ0v) is 18.1. The Balaban J connectivity index is 1.57. The number of hydrogen-bond acceptors (Lipinski definition) is 5. The first kappa shape index (κ1) is 22.7. The Morgan fingerprint density at radius 1 is 0.906 bits per heavy atom.